The van der Waals surface area contributed by atoms with E-state index in [0.717, 1.165) is 52.1 Å². The monoisotopic (exact) mass is 362 g/mol. The van der Waals surface area contributed by atoms with Crippen LogP contribution >= 0.6 is 0 Å². The molecule has 7 heteroatoms. The molecule has 0 bridgehead atoms. The summed E-state index contributed by atoms with van der Waals surface area (Å²) in [6, 6.07) is 6.46. The van der Waals surface area contributed by atoms with Crippen LogP contribution in [0.3, 0.4) is 0 Å². The quantitative estimate of drug-likeness (QED) is 0.809. The number of hydrogen-bond donors (Lipinski definition) is 1. The van der Waals surface area contributed by atoms with Gasteiger partial charge in [0.25, 0.3) is 0 Å². The second kappa shape index (κ2) is 9.09. The molecule has 2 aliphatic heterocycles. The molecule has 26 heavy (non-hydrogen) atoms. The molecule has 0 unspecified atom stereocenters. The lowest BCUT2D eigenvalue weighted by molar-refractivity contribution is -0.132. The van der Waals surface area contributed by atoms with Crippen LogP contribution in [0.1, 0.15) is 18.4 Å². The molecule has 2 heterocycles. The van der Waals surface area contributed by atoms with Crippen molar-refractivity contribution in [2.45, 2.75) is 19.4 Å². The Hall–Kier alpha value is -1.99. The Morgan fingerprint density at radius 2 is 1.54 bits per heavy atom. The van der Waals surface area contributed by atoms with Crippen molar-refractivity contribution in [3.05, 3.63) is 35.6 Å². The topological polar surface area (TPSA) is 55.9 Å². The van der Waals surface area contributed by atoms with E-state index in [9.17, 15) is 14.0 Å². The molecule has 142 valence electrons. The molecule has 0 aliphatic carbocycles. The molecular formula is C19H27FN4O2. The maximum absolute atomic E-state index is 13.6. The van der Waals surface area contributed by atoms with Crippen LogP contribution in [-0.2, 0) is 16.1 Å². The molecule has 3 rings (SSSR count). The number of amides is 2. The first-order chi connectivity index (χ1) is 12.6. The lowest BCUT2D eigenvalue weighted by Crippen LogP contribution is -2.51. The molecule has 2 amide bonds. The summed E-state index contributed by atoms with van der Waals surface area (Å²) < 4.78 is 13.6. The first kappa shape index (κ1) is 18.8. The Labute approximate surface area is 153 Å². The van der Waals surface area contributed by atoms with Crippen LogP contribution in [0.25, 0.3) is 0 Å². The second-order valence-corrected chi connectivity index (χ2v) is 7.01. The summed E-state index contributed by atoms with van der Waals surface area (Å²) in [7, 11) is 0. The first-order valence-electron chi connectivity index (χ1n) is 9.34. The molecule has 1 aromatic carbocycles. The number of halogens is 1. The third-order valence-corrected chi connectivity index (χ3v) is 5.08. The molecule has 2 saturated heterocycles. The maximum Gasteiger partial charge on any atom is 0.236 e. The summed E-state index contributed by atoms with van der Waals surface area (Å²) in [6.07, 6.45) is 2.23. The number of likely N-dealkylation sites (tertiary alicyclic amines) is 1. The van der Waals surface area contributed by atoms with E-state index < -0.39 is 0 Å². The Balaban J connectivity index is 1.35. The van der Waals surface area contributed by atoms with Gasteiger partial charge in [-0.2, -0.15) is 0 Å². The summed E-state index contributed by atoms with van der Waals surface area (Å²) >= 11 is 0. The van der Waals surface area contributed by atoms with E-state index >= 15 is 0 Å². The Morgan fingerprint density at radius 3 is 2.19 bits per heavy atom. The van der Waals surface area contributed by atoms with Crippen molar-refractivity contribution >= 4 is 11.8 Å². The number of benzene rings is 1. The van der Waals surface area contributed by atoms with Crippen molar-refractivity contribution in [1.82, 2.24) is 20.0 Å². The lowest BCUT2D eigenvalue weighted by atomic mass is 10.2. The normalized spacial score (nSPS) is 18.9. The van der Waals surface area contributed by atoms with Crippen molar-refractivity contribution in [3.8, 4) is 0 Å². The zero-order chi connectivity index (χ0) is 18.4. The van der Waals surface area contributed by atoms with Gasteiger partial charge in [-0.1, -0.05) is 18.2 Å². The summed E-state index contributed by atoms with van der Waals surface area (Å²) in [5.41, 5.74) is 0.492. The van der Waals surface area contributed by atoms with Crippen molar-refractivity contribution in [3.63, 3.8) is 0 Å². The minimum Gasteiger partial charge on any atom is -0.351 e. The molecule has 0 radical (unpaired) electrons. The van der Waals surface area contributed by atoms with E-state index in [0.29, 0.717) is 18.7 Å². The highest BCUT2D eigenvalue weighted by Crippen LogP contribution is 2.09. The molecule has 2 fully saturated rings. The van der Waals surface area contributed by atoms with Crippen molar-refractivity contribution in [2.24, 2.45) is 0 Å². The van der Waals surface area contributed by atoms with Crippen LogP contribution in [0.2, 0.25) is 0 Å². The number of nitrogens with one attached hydrogen (secondary N) is 1. The van der Waals surface area contributed by atoms with Gasteiger partial charge in [-0.3, -0.25) is 19.4 Å². The van der Waals surface area contributed by atoms with Gasteiger partial charge < -0.3 is 10.2 Å². The van der Waals surface area contributed by atoms with E-state index in [1.165, 1.54) is 6.07 Å². The fourth-order valence-electron chi connectivity index (χ4n) is 3.46. The van der Waals surface area contributed by atoms with E-state index in [-0.39, 0.29) is 24.2 Å². The second-order valence-electron chi connectivity index (χ2n) is 7.01. The number of piperazine rings is 1. The van der Waals surface area contributed by atoms with Gasteiger partial charge in [0.2, 0.25) is 11.8 Å². The molecule has 0 atom stereocenters. The fourth-order valence-corrected chi connectivity index (χ4v) is 3.46. The van der Waals surface area contributed by atoms with Crippen LogP contribution in [0.5, 0.6) is 0 Å². The van der Waals surface area contributed by atoms with Crippen molar-refractivity contribution < 1.29 is 14.0 Å². The van der Waals surface area contributed by atoms with Crippen LogP contribution in [0, 0.1) is 5.82 Å². The van der Waals surface area contributed by atoms with Gasteiger partial charge in [-0.25, -0.2) is 4.39 Å². The Morgan fingerprint density at radius 1 is 0.923 bits per heavy atom. The SMILES string of the molecule is O=C(CN1CCN(CC(=O)N2CCCC2)CC1)NCc1ccccc1F. The predicted molar refractivity (Wildman–Crippen MR) is 96.9 cm³/mol. The minimum absolute atomic E-state index is 0.102. The largest absolute Gasteiger partial charge is 0.351 e. The summed E-state index contributed by atoms with van der Waals surface area (Å²) in [4.78, 5) is 30.5. The third kappa shape index (κ3) is 5.25. The van der Waals surface area contributed by atoms with E-state index in [4.69, 9.17) is 0 Å². The van der Waals surface area contributed by atoms with E-state index in [1.54, 1.807) is 18.2 Å². The van der Waals surface area contributed by atoms with Crippen LogP contribution in [0.15, 0.2) is 24.3 Å². The molecule has 0 saturated carbocycles. The number of rotatable bonds is 6. The zero-order valence-corrected chi connectivity index (χ0v) is 15.1. The standard InChI is InChI=1S/C19H27FN4O2/c20-17-6-2-1-5-16(17)13-21-18(25)14-22-9-11-23(12-10-22)15-19(26)24-7-3-4-8-24/h1-2,5-6H,3-4,7-15H2,(H,21,25). The number of nitrogens with zero attached hydrogens (tertiary/aromatic N) is 3. The van der Waals surface area contributed by atoms with Crippen LogP contribution in [0.4, 0.5) is 4.39 Å². The van der Waals surface area contributed by atoms with E-state index in [1.807, 2.05) is 4.90 Å². The highest BCUT2D eigenvalue weighted by atomic mass is 19.1. The maximum atomic E-state index is 13.6. The van der Waals surface area contributed by atoms with Crippen LogP contribution in [-0.4, -0.2) is 78.9 Å². The van der Waals surface area contributed by atoms with Crippen molar-refractivity contribution in [2.75, 3.05) is 52.4 Å². The molecule has 1 aromatic rings. The van der Waals surface area contributed by atoms with Gasteiger partial charge in [0, 0.05) is 51.4 Å². The first-order valence-corrected chi connectivity index (χ1v) is 9.34. The summed E-state index contributed by atoms with van der Waals surface area (Å²) in [5.74, 6) is -0.183. The van der Waals surface area contributed by atoms with Gasteiger partial charge in [0.15, 0.2) is 0 Å². The van der Waals surface area contributed by atoms with E-state index in [2.05, 4.69) is 15.1 Å². The van der Waals surface area contributed by atoms with Gasteiger partial charge >= 0.3 is 0 Å². The molecular weight excluding hydrogens is 335 g/mol. The van der Waals surface area contributed by atoms with Gasteiger partial charge in [-0.05, 0) is 18.9 Å². The Bertz CT molecular complexity index is 626. The average molecular weight is 362 g/mol. The highest BCUT2D eigenvalue weighted by Gasteiger charge is 2.24. The molecule has 0 spiro atoms. The smallest absolute Gasteiger partial charge is 0.236 e. The Kier molecular flexibility index (Phi) is 6.57. The molecule has 1 N–H and O–H groups in total. The molecule has 6 nitrogen and oxygen atoms in total. The minimum atomic E-state index is -0.302. The lowest BCUT2D eigenvalue weighted by Gasteiger charge is -2.34. The number of carbonyl (C=O) groups is 2. The van der Waals surface area contributed by atoms with Crippen molar-refractivity contribution in [1.29, 1.82) is 0 Å². The third-order valence-electron chi connectivity index (χ3n) is 5.08. The number of hydrogen-bond acceptors (Lipinski definition) is 4. The average Bonchev–Trinajstić information content (AvgIpc) is 3.17. The highest BCUT2D eigenvalue weighted by molar-refractivity contribution is 5.79. The summed E-state index contributed by atoms with van der Waals surface area (Å²) in [5, 5.41) is 2.77. The van der Waals surface area contributed by atoms with Crippen LogP contribution < -0.4 is 5.32 Å². The zero-order valence-electron chi connectivity index (χ0n) is 15.1. The fraction of sp³-hybridized carbons (Fsp3) is 0.579. The van der Waals surface area contributed by atoms with Gasteiger partial charge in [-0.15, -0.1) is 0 Å². The number of carbonyl (C=O) groups excluding carboxylic acids is 2. The molecule has 0 aromatic heterocycles. The van der Waals surface area contributed by atoms with Gasteiger partial charge in [0.1, 0.15) is 5.82 Å². The van der Waals surface area contributed by atoms with Gasteiger partial charge in [0.05, 0.1) is 13.1 Å². The summed E-state index contributed by atoms with van der Waals surface area (Å²) in [6.45, 7) is 5.88. The predicted octanol–water partition coefficient (Wildman–Crippen LogP) is 0.682. The molecule has 2 aliphatic rings.